The smallest absolute Gasteiger partial charge is 0.303 e. The lowest BCUT2D eigenvalue weighted by atomic mass is 9.50. The maximum atomic E-state index is 12.4. The maximum absolute atomic E-state index is 12.4. The number of ketones is 1. The predicted octanol–water partition coefficient (Wildman–Crippen LogP) is 2.93. The van der Waals surface area contributed by atoms with Crippen LogP contribution in [0.2, 0.25) is 0 Å². The van der Waals surface area contributed by atoms with Crippen LogP contribution < -0.4 is 0 Å². The van der Waals surface area contributed by atoms with E-state index in [0.29, 0.717) is 42.2 Å². The Morgan fingerprint density at radius 1 is 0.953 bits per heavy atom. The van der Waals surface area contributed by atoms with Gasteiger partial charge in [-0.15, -0.1) is 5.10 Å². The monoisotopic (exact) mass is 599 g/mol. The van der Waals surface area contributed by atoms with Crippen LogP contribution in [0.3, 0.4) is 0 Å². The van der Waals surface area contributed by atoms with Gasteiger partial charge in [-0.25, -0.2) is 4.68 Å². The summed E-state index contributed by atoms with van der Waals surface area (Å²) in [5.74, 6) is 0.174. The molecular weight excluding hydrogens is 558 g/mol. The zero-order valence-corrected chi connectivity index (χ0v) is 25.2. The van der Waals surface area contributed by atoms with Crippen LogP contribution in [0.25, 0.3) is 0 Å². The molecule has 12 nitrogen and oxygen atoms in total. The lowest BCUT2D eigenvalue weighted by Crippen LogP contribution is -2.55. The van der Waals surface area contributed by atoms with Crippen LogP contribution in [0, 0.1) is 29.1 Å². The molecule has 0 bridgehead atoms. The summed E-state index contributed by atoms with van der Waals surface area (Å²) in [5, 5.41) is 21.1. The molecule has 0 radical (unpaired) electrons. The Labute approximate surface area is 250 Å². The number of aliphatic hydroxyl groups is 1. The lowest BCUT2D eigenvalue weighted by Gasteiger charge is -2.55. The van der Waals surface area contributed by atoms with E-state index in [9.17, 15) is 24.3 Å². The van der Waals surface area contributed by atoms with Gasteiger partial charge >= 0.3 is 17.9 Å². The molecule has 234 valence electrons. The van der Waals surface area contributed by atoms with Gasteiger partial charge in [-0.1, -0.05) is 17.7 Å². The van der Waals surface area contributed by atoms with Gasteiger partial charge in [0.15, 0.2) is 30.3 Å². The van der Waals surface area contributed by atoms with Crippen molar-refractivity contribution in [3.05, 3.63) is 23.5 Å². The number of carbonyl (C=O) groups excluding carboxylic acids is 4. The summed E-state index contributed by atoms with van der Waals surface area (Å²) in [6.07, 6.45) is 5.99. The van der Waals surface area contributed by atoms with E-state index < -0.39 is 53.5 Å². The van der Waals surface area contributed by atoms with Crippen molar-refractivity contribution < 1.29 is 43.2 Å². The van der Waals surface area contributed by atoms with Gasteiger partial charge in [0.2, 0.25) is 0 Å². The van der Waals surface area contributed by atoms with Crippen LogP contribution in [-0.2, 0) is 43.7 Å². The van der Waals surface area contributed by atoms with Gasteiger partial charge in [-0.2, -0.15) is 0 Å². The summed E-state index contributed by atoms with van der Waals surface area (Å²) in [6, 6.07) is 0. The standard InChI is InChI=1S/C31H41N3O9/c1-16(35)41-25-15-40-29(28(43-18(3)37)27(25)42-17(2)36)34-14-26(32-33-34)31(39)12-10-24-23-7-5-19-13-20(38)6-8-21(19)22(23)9-11-30(24,31)4/h13-14,21-25,27-29,39H,5-12,15H2,1-4H3/t21-,22+,23+,24-,25+,27-,28+,29+,30-,31+/m0/s1. The molecule has 5 aliphatic rings. The van der Waals surface area contributed by atoms with Crippen LogP contribution in [-0.4, -0.2) is 68.7 Å². The largest absolute Gasteiger partial charge is 0.456 e. The number of nitrogens with zero attached hydrogens (tertiary/aromatic N) is 3. The minimum atomic E-state index is -1.22. The number of hydrogen-bond acceptors (Lipinski definition) is 11. The lowest BCUT2D eigenvalue weighted by molar-refractivity contribution is -0.241. The number of ether oxygens (including phenoxy) is 4. The second-order valence-corrected chi connectivity index (χ2v) is 13.3. The fourth-order valence-electron chi connectivity index (χ4n) is 9.16. The molecule has 1 aromatic rings. The molecule has 4 fully saturated rings. The van der Waals surface area contributed by atoms with Crippen LogP contribution >= 0.6 is 0 Å². The van der Waals surface area contributed by atoms with Crippen LogP contribution in [0.15, 0.2) is 17.8 Å². The fourth-order valence-corrected chi connectivity index (χ4v) is 9.16. The Morgan fingerprint density at radius 2 is 1.67 bits per heavy atom. The molecule has 10 atom stereocenters. The SMILES string of the molecule is CC(=O)O[C@@H]1[C@@H](OC(C)=O)[C@H](OC(C)=O)CO[C@H]1n1cc([C@]2(O)CC[C@H]3[C@@H]4CCC5=CC(=O)CC[C@@H]5[C@H]4CC[C@@]32C)nn1. The number of esters is 3. The van der Waals surface area contributed by atoms with Crippen LogP contribution in [0.1, 0.15) is 91.0 Å². The van der Waals surface area contributed by atoms with Gasteiger partial charge in [-0.05, 0) is 74.7 Å². The number of carbonyl (C=O) groups is 4. The predicted molar refractivity (Wildman–Crippen MR) is 148 cm³/mol. The van der Waals surface area contributed by atoms with Crippen molar-refractivity contribution in [3.63, 3.8) is 0 Å². The van der Waals surface area contributed by atoms with Crippen molar-refractivity contribution >= 4 is 23.7 Å². The van der Waals surface area contributed by atoms with Crippen molar-refractivity contribution in [3.8, 4) is 0 Å². The first-order valence-electron chi connectivity index (χ1n) is 15.4. The number of fused-ring (bicyclic) bond motifs is 5. The Morgan fingerprint density at radius 3 is 2.40 bits per heavy atom. The maximum Gasteiger partial charge on any atom is 0.303 e. The van der Waals surface area contributed by atoms with Crippen LogP contribution in [0.5, 0.6) is 0 Å². The molecular formula is C31H41N3O9. The van der Waals surface area contributed by atoms with E-state index in [1.165, 1.54) is 31.0 Å². The summed E-state index contributed by atoms with van der Waals surface area (Å²) in [6.45, 7) is 5.70. The summed E-state index contributed by atoms with van der Waals surface area (Å²) < 4.78 is 23.7. The quantitative estimate of drug-likeness (QED) is 0.392. The molecule has 1 saturated heterocycles. The molecule has 1 aliphatic heterocycles. The van der Waals surface area contributed by atoms with Gasteiger partial charge in [0, 0.05) is 32.6 Å². The molecule has 1 N–H and O–H groups in total. The van der Waals surface area contributed by atoms with Gasteiger partial charge < -0.3 is 24.1 Å². The number of hydrogen-bond donors (Lipinski definition) is 1. The molecule has 1 aromatic heterocycles. The molecule has 43 heavy (non-hydrogen) atoms. The minimum absolute atomic E-state index is 0.133. The molecule has 0 unspecified atom stereocenters. The van der Waals surface area contributed by atoms with E-state index >= 15 is 0 Å². The van der Waals surface area contributed by atoms with Crippen molar-refractivity contribution in [1.29, 1.82) is 0 Å². The Balaban J connectivity index is 1.26. The number of rotatable bonds is 5. The van der Waals surface area contributed by atoms with E-state index in [2.05, 4.69) is 17.2 Å². The van der Waals surface area contributed by atoms with Crippen molar-refractivity contribution in [2.24, 2.45) is 29.1 Å². The highest BCUT2D eigenvalue weighted by molar-refractivity contribution is 5.91. The van der Waals surface area contributed by atoms with E-state index in [4.69, 9.17) is 18.9 Å². The fraction of sp³-hybridized carbons (Fsp3) is 0.742. The third-order valence-corrected chi connectivity index (χ3v) is 11.0. The second-order valence-electron chi connectivity index (χ2n) is 13.3. The zero-order valence-electron chi connectivity index (χ0n) is 25.2. The molecule has 6 rings (SSSR count). The molecule has 4 aliphatic carbocycles. The molecule has 3 saturated carbocycles. The van der Waals surface area contributed by atoms with Gasteiger partial charge in [0.1, 0.15) is 11.3 Å². The first-order valence-corrected chi connectivity index (χ1v) is 15.4. The molecule has 12 heteroatoms. The van der Waals surface area contributed by atoms with E-state index in [1.54, 1.807) is 6.20 Å². The second kappa shape index (κ2) is 11.1. The summed E-state index contributed by atoms with van der Waals surface area (Å²) in [5.41, 5.74) is 0.118. The van der Waals surface area contributed by atoms with E-state index in [1.807, 2.05) is 6.08 Å². The topological polar surface area (TPSA) is 156 Å². The summed E-state index contributed by atoms with van der Waals surface area (Å²) in [4.78, 5) is 47.9. The summed E-state index contributed by atoms with van der Waals surface area (Å²) in [7, 11) is 0. The third kappa shape index (κ3) is 5.09. The number of allylic oxidation sites excluding steroid dienone is 1. The Kier molecular flexibility index (Phi) is 7.73. The highest BCUT2D eigenvalue weighted by atomic mass is 16.6. The molecule has 0 spiro atoms. The van der Waals surface area contributed by atoms with Crippen molar-refractivity contribution in [2.45, 2.75) is 109 Å². The average molecular weight is 600 g/mol. The molecule has 2 heterocycles. The van der Waals surface area contributed by atoms with E-state index in [0.717, 1.165) is 38.5 Å². The zero-order chi connectivity index (χ0) is 30.7. The Hall–Kier alpha value is -3.12. The first kappa shape index (κ1) is 29.9. The van der Waals surface area contributed by atoms with Gasteiger partial charge in [0.25, 0.3) is 0 Å². The summed E-state index contributed by atoms with van der Waals surface area (Å²) >= 11 is 0. The van der Waals surface area contributed by atoms with E-state index in [-0.39, 0.29) is 12.4 Å². The number of aromatic nitrogens is 3. The van der Waals surface area contributed by atoms with Crippen molar-refractivity contribution in [1.82, 2.24) is 15.0 Å². The Bertz CT molecular complexity index is 1340. The molecule has 0 aromatic carbocycles. The van der Waals surface area contributed by atoms with Gasteiger partial charge in [0.05, 0.1) is 12.8 Å². The van der Waals surface area contributed by atoms with Gasteiger partial charge in [-0.3, -0.25) is 19.2 Å². The minimum Gasteiger partial charge on any atom is -0.456 e. The normalized spacial score (nSPS) is 40.4. The highest BCUT2D eigenvalue weighted by Crippen LogP contribution is 2.67. The first-order chi connectivity index (χ1) is 20.4. The molecule has 0 amide bonds. The highest BCUT2D eigenvalue weighted by Gasteiger charge is 2.64. The third-order valence-electron chi connectivity index (χ3n) is 11.0. The average Bonchev–Trinajstić information content (AvgIpc) is 3.53. The van der Waals surface area contributed by atoms with Crippen molar-refractivity contribution in [2.75, 3.05) is 6.61 Å². The van der Waals surface area contributed by atoms with Crippen LogP contribution in [0.4, 0.5) is 0 Å².